The van der Waals surface area contributed by atoms with Crippen LogP contribution in [0.4, 0.5) is 0 Å². The minimum atomic E-state index is 0.0890. The Kier molecular flexibility index (Phi) is 6.74. The Morgan fingerprint density at radius 3 is 3.00 bits per heavy atom. The zero-order chi connectivity index (χ0) is 15.2. The van der Waals surface area contributed by atoms with Gasteiger partial charge in [0.25, 0.3) is 0 Å². The van der Waals surface area contributed by atoms with E-state index in [1.807, 2.05) is 19.2 Å². The van der Waals surface area contributed by atoms with Crippen molar-refractivity contribution in [2.75, 3.05) is 40.0 Å². The summed E-state index contributed by atoms with van der Waals surface area (Å²) < 4.78 is 5.40. The van der Waals surface area contributed by atoms with Crippen LogP contribution in [0.5, 0.6) is 0 Å². The van der Waals surface area contributed by atoms with E-state index >= 15 is 0 Å². The smallest absolute Gasteiger partial charge is 0.0644 e. The fourth-order valence-corrected chi connectivity index (χ4v) is 3.13. The Balaban J connectivity index is 2.00. The first-order valence-corrected chi connectivity index (χ1v) is 7.96. The van der Waals surface area contributed by atoms with E-state index < -0.39 is 0 Å². The molecule has 21 heavy (non-hydrogen) atoms. The zero-order valence-corrected chi connectivity index (χ0v) is 13.7. The molecule has 4 nitrogen and oxygen atoms in total. The molecule has 0 spiro atoms. The molecule has 0 aromatic heterocycles. The number of hydrogen-bond donors (Lipinski definition) is 2. The van der Waals surface area contributed by atoms with Gasteiger partial charge in [0, 0.05) is 19.1 Å². The number of aliphatic hydroxyl groups is 1. The van der Waals surface area contributed by atoms with Crippen LogP contribution in [0.3, 0.4) is 0 Å². The monoisotopic (exact) mass is 332 g/mol. The largest absolute Gasteiger partial charge is 0.395 e. The van der Waals surface area contributed by atoms with E-state index in [0.29, 0.717) is 16.7 Å². The highest BCUT2D eigenvalue weighted by atomic mass is 35.5. The summed E-state index contributed by atoms with van der Waals surface area (Å²) in [5, 5.41) is 13.9. The first-order valence-electron chi connectivity index (χ1n) is 7.21. The third kappa shape index (κ3) is 4.31. The molecule has 1 saturated heterocycles. The molecule has 1 aliphatic heterocycles. The van der Waals surface area contributed by atoms with Gasteiger partial charge in [-0.25, -0.2) is 0 Å². The summed E-state index contributed by atoms with van der Waals surface area (Å²) in [5.74, 6) is 0. The molecule has 6 heteroatoms. The van der Waals surface area contributed by atoms with Crippen LogP contribution in [0.2, 0.25) is 10.0 Å². The Bertz CT molecular complexity index is 459. The Morgan fingerprint density at radius 1 is 1.48 bits per heavy atom. The van der Waals surface area contributed by atoms with E-state index in [4.69, 9.17) is 27.9 Å². The fourth-order valence-electron chi connectivity index (χ4n) is 2.69. The van der Waals surface area contributed by atoms with Gasteiger partial charge in [-0.1, -0.05) is 35.3 Å². The van der Waals surface area contributed by atoms with Crippen LogP contribution in [0.1, 0.15) is 18.0 Å². The second-order valence-electron chi connectivity index (χ2n) is 5.22. The van der Waals surface area contributed by atoms with Crippen LogP contribution in [-0.2, 0) is 4.74 Å². The van der Waals surface area contributed by atoms with Crippen molar-refractivity contribution in [1.82, 2.24) is 10.2 Å². The maximum atomic E-state index is 9.41. The second kappa shape index (κ2) is 8.32. The van der Waals surface area contributed by atoms with E-state index in [2.05, 4.69) is 10.2 Å². The fraction of sp³-hybridized carbons (Fsp3) is 0.600. The molecule has 0 aliphatic carbocycles. The van der Waals surface area contributed by atoms with Gasteiger partial charge in [0.1, 0.15) is 0 Å². The molecule has 118 valence electrons. The van der Waals surface area contributed by atoms with Crippen molar-refractivity contribution in [3.05, 3.63) is 33.8 Å². The first kappa shape index (κ1) is 17.0. The molecule has 2 atom stereocenters. The van der Waals surface area contributed by atoms with Gasteiger partial charge in [-0.15, -0.1) is 0 Å². The van der Waals surface area contributed by atoms with Gasteiger partial charge in [0.15, 0.2) is 0 Å². The molecule has 2 N–H and O–H groups in total. The van der Waals surface area contributed by atoms with Crippen molar-refractivity contribution >= 4 is 23.2 Å². The van der Waals surface area contributed by atoms with E-state index in [1.54, 1.807) is 6.07 Å². The molecular formula is C15H22Cl2N2O2. The SMILES string of the molecule is CNC(CCN1CCOCC1CO)c1cccc(Cl)c1Cl. The molecule has 2 unspecified atom stereocenters. The number of morpholine rings is 1. The maximum absolute atomic E-state index is 9.41. The highest BCUT2D eigenvalue weighted by molar-refractivity contribution is 6.42. The van der Waals surface area contributed by atoms with Crippen LogP contribution in [-0.4, -0.2) is 56.0 Å². The van der Waals surface area contributed by atoms with E-state index in [0.717, 1.165) is 31.7 Å². The topological polar surface area (TPSA) is 44.7 Å². The van der Waals surface area contributed by atoms with Crippen molar-refractivity contribution in [2.24, 2.45) is 0 Å². The summed E-state index contributed by atoms with van der Waals surface area (Å²) in [7, 11) is 1.92. The molecule has 1 aromatic carbocycles. The molecule has 0 bridgehead atoms. The summed E-state index contributed by atoms with van der Waals surface area (Å²) >= 11 is 12.4. The van der Waals surface area contributed by atoms with Gasteiger partial charge in [-0.2, -0.15) is 0 Å². The summed E-state index contributed by atoms with van der Waals surface area (Å²) in [6, 6.07) is 5.94. The Hall–Kier alpha value is -0.360. The van der Waals surface area contributed by atoms with Gasteiger partial charge >= 0.3 is 0 Å². The van der Waals surface area contributed by atoms with Crippen molar-refractivity contribution in [2.45, 2.75) is 18.5 Å². The minimum Gasteiger partial charge on any atom is -0.395 e. The summed E-state index contributed by atoms with van der Waals surface area (Å²) in [4.78, 5) is 2.27. The number of halogens is 2. The molecule has 0 amide bonds. The average molecular weight is 333 g/mol. The third-order valence-electron chi connectivity index (χ3n) is 3.97. The molecule has 1 fully saturated rings. The quantitative estimate of drug-likeness (QED) is 0.839. The second-order valence-corrected chi connectivity index (χ2v) is 6.01. The maximum Gasteiger partial charge on any atom is 0.0644 e. The highest BCUT2D eigenvalue weighted by Gasteiger charge is 2.23. The van der Waals surface area contributed by atoms with Crippen molar-refractivity contribution in [3.63, 3.8) is 0 Å². The molecule has 0 radical (unpaired) electrons. The van der Waals surface area contributed by atoms with Crippen molar-refractivity contribution < 1.29 is 9.84 Å². The minimum absolute atomic E-state index is 0.0890. The summed E-state index contributed by atoms with van der Waals surface area (Å²) in [6.07, 6.45) is 0.896. The van der Waals surface area contributed by atoms with Crippen LogP contribution in [0.25, 0.3) is 0 Å². The highest BCUT2D eigenvalue weighted by Crippen LogP contribution is 2.31. The number of nitrogens with one attached hydrogen (secondary N) is 1. The number of hydrogen-bond acceptors (Lipinski definition) is 4. The van der Waals surface area contributed by atoms with Gasteiger partial charge in [-0.3, -0.25) is 4.90 Å². The predicted molar refractivity (Wildman–Crippen MR) is 86.1 cm³/mol. The molecule has 2 rings (SSSR count). The summed E-state index contributed by atoms with van der Waals surface area (Å²) in [6.45, 7) is 3.17. The molecular weight excluding hydrogens is 311 g/mol. The first-order chi connectivity index (χ1) is 10.2. The number of nitrogens with zero attached hydrogens (tertiary/aromatic N) is 1. The van der Waals surface area contributed by atoms with Crippen LogP contribution in [0, 0.1) is 0 Å². The van der Waals surface area contributed by atoms with Gasteiger partial charge in [-0.05, 0) is 25.1 Å². The predicted octanol–water partition coefficient (Wildman–Crippen LogP) is 2.34. The van der Waals surface area contributed by atoms with Gasteiger partial charge in [0.05, 0.1) is 35.9 Å². The zero-order valence-electron chi connectivity index (χ0n) is 12.2. The van der Waals surface area contributed by atoms with E-state index in [1.165, 1.54) is 0 Å². The van der Waals surface area contributed by atoms with Crippen LogP contribution < -0.4 is 5.32 Å². The lowest BCUT2D eigenvalue weighted by molar-refractivity contribution is -0.0285. The van der Waals surface area contributed by atoms with Crippen molar-refractivity contribution in [1.29, 1.82) is 0 Å². The number of ether oxygens (including phenoxy) is 1. The van der Waals surface area contributed by atoms with Crippen molar-refractivity contribution in [3.8, 4) is 0 Å². The number of benzene rings is 1. The molecule has 1 aliphatic rings. The van der Waals surface area contributed by atoms with Gasteiger partial charge < -0.3 is 15.2 Å². The lowest BCUT2D eigenvalue weighted by Gasteiger charge is -2.35. The number of rotatable bonds is 6. The van der Waals surface area contributed by atoms with Gasteiger partial charge in [0.2, 0.25) is 0 Å². The third-order valence-corrected chi connectivity index (χ3v) is 4.80. The molecule has 1 aromatic rings. The molecule has 0 saturated carbocycles. The number of aliphatic hydroxyl groups excluding tert-OH is 1. The normalized spacial score (nSPS) is 21.4. The lowest BCUT2D eigenvalue weighted by Crippen LogP contribution is -2.48. The standard InChI is InChI=1S/C15H22Cl2N2O2/c1-18-14(12-3-2-4-13(16)15(12)17)5-6-19-7-8-21-10-11(19)9-20/h2-4,11,14,18,20H,5-10H2,1H3. The summed E-state index contributed by atoms with van der Waals surface area (Å²) in [5.41, 5.74) is 1.01. The molecule has 1 heterocycles. The Morgan fingerprint density at radius 2 is 2.29 bits per heavy atom. The Labute approximate surface area is 136 Å². The van der Waals surface area contributed by atoms with Crippen LogP contribution >= 0.6 is 23.2 Å². The van der Waals surface area contributed by atoms with E-state index in [9.17, 15) is 5.11 Å². The lowest BCUT2D eigenvalue weighted by atomic mass is 10.0. The average Bonchev–Trinajstić information content (AvgIpc) is 2.52. The van der Waals surface area contributed by atoms with E-state index in [-0.39, 0.29) is 18.7 Å². The van der Waals surface area contributed by atoms with Crippen LogP contribution in [0.15, 0.2) is 18.2 Å².